The van der Waals surface area contributed by atoms with Crippen molar-refractivity contribution in [2.24, 2.45) is 7.05 Å². The summed E-state index contributed by atoms with van der Waals surface area (Å²) in [6.45, 7) is 1.48. The average Bonchev–Trinajstić information content (AvgIpc) is 2.76. The summed E-state index contributed by atoms with van der Waals surface area (Å²) < 4.78 is 5.98. The van der Waals surface area contributed by atoms with Gasteiger partial charge in [-0.2, -0.15) is 0 Å². The van der Waals surface area contributed by atoms with Crippen LogP contribution < -0.4 is 15.6 Å². The molecule has 1 aromatic carbocycles. The predicted molar refractivity (Wildman–Crippen MR) is 76.3 cm³/mol. The number of nitrogens with zero attached hydrogens (tertiary/aromatic N) is 1. The lowest BCUT2D eigenvalue weighted by atomic mass is 10.1. The van der Waals surface area contributed by atoms with Crippen molar-refractivity contribution >= 4 is 29.1 Å². The maximum Gasteiger partial charge on any atom is 0.441 e. The summed E-state index contributed by atoms with van der Waals surface area (Å²) in [5, 5.41) is 5.37. The highest BCUT2D eigenvalue weighted by molar-refractivity contribution is 7.99. The Balaban J connectivity index is 1.93. The third-order valence-corrected chi connectivity index (χ3v) is 3.79. The van der Waals surface area contributed by atoms with Gasteiger partial charge >= 0.3 is 10.7 Å². The molecule has 8 heteroatoms. The standard InChI is InChI=1S/C13H13N3O4S/c1-8(17)9-3-5-10(6-4-9)14-11(18)7-21-12-13(19)20-15-16(12)2/h3-6H,7H2,1-2H3,(H-,14,15,17,18,19)/p+1. The highest BCUT2D eigenvalue weighted by Gasteiger charge is 2.19. The van der Waals surface area contributed by atoms with Crippen LogP contribution in [-0.2, 0) is 11.8 Å². The van der Waals surface area contributed by atoms with Crippen LogP contribution in [0.4, 0.5) is 5.69 Å². The van der Waals surface area contributed by atoms with Crippen LogP contribution in [0.25, 0.3) is 0 Å². The van der Waals surface area contributed by atoms with Crippen molar-refractivity contribution in [3.63, 3.8) is 0 Å². The third-order valence-electron chi connectivity index (χ3n) is 2.67. The van der Waals surface area contributed by atoms with Crippen LogP contribution in [0.3, 0.4) is 0 Å². The molecule has 0 radical (unpaired) electrons. The first-order valence-electron chi connectivity index (χ1n) is 6.08. The molecular weight excluding hydrogens is 294 g/mol. The summed E-state index contributed by atoms with van der Waals surface area (Å²) in [6.07, 6.45) is 0. The normalized spacial score (nSPS) is 10.4. The molecule has 1 heterocycles. The summed E-state index contributed by atoms with van der Waals surface area (Å²) in [6, 6.07) is 6.60. The van der Waals surface area contributed by atoms with Gasteiger partial charge in [0.05, 0.1) is 5.75 Å². The minimum Gasteiger partial charge on any atom is -0.325 e. The number of carbonyl (C=O) groups excluding carboxylic acids is 2. The smallest absolute Gasteiger partial charge is 0.325 e. The fourth-order valence-corrected chi connectivity index (χ4v) is 2.34. The van der Waals surface area contributed by atoms with Crippen LogP contribution in [0.5, 0.6) is 0 Å². The number of nitrogens with one attached hydrogen (secondary N) is 2. The molecule has 0 unspecified atom stereocenters. The number of Topliss-reactive ketones (excluding diaryl/α,β-unsaturated/α-hetero) is 1. The first-order chi connectivity index (χ1) is 9.97. The van der Waals surface area contributed by atoms with Crippen molar-refractivity contribution in [3.05, 3.63) is 40.2 Å². The van der Waals surface area contributed by atoms with Crippen molar-refractivity contribution < 1.29 is 18.8 Å². The number of carbonyl (C=O) groups is 2. The van der Waals surface area contributed by atoms with E-state index in [1.807, 2.05) is 0 Å². The minimum absolute atomic E-state index is 0.0323. The van der Waals surface area contributed by atoms with Gasteiger partial charge in [0.2, 0.25) is 5.91 Å². The number of aromatic amines is 1. The lowest BCUT2D eigenvalue weighted by molar-refractivity contribution is -0.772. The molecule has 0 aliphatic carbocycles. The molecular formula is C13H14N3O4S+. The van der Waals surface area contributed by atoms with E-state index < -0.39 is 5.63 Å². The van der Waals surface area contributed by atoms with Crippen LogP contribution >= 0.6 is 11.8 Å². The number of aromatic nitrogens is 2. The van der Waals surface area contributed by atoms with Crippen LogP contribution in [0.2, 0.25) is 0 Å². The Morgan fingerprint density at radius 3 is 2.52 bits per heavy atom. The first kappa shape index (κ1) is 15.0. The quantitative estimate of drug-likeness (QED) is 0.482. The van der Waals surface area contributed by atoms with Crippen molar-refractivity contribution in [3.8, 4) is 0 Å². The molecule has 0 aliphatic heterocycles. The number of ketones is 1. The number of amides is 1. The van der Waals surface area contributed by atoms with E-state index in [-0.39, 0.29) is 17.4 Å². The van der Waals surface area contributed by atoms with Gasteiger partial charge in [-0.1, -0.05) is 4.68 Å². The SMILES string of the molecule is CC(=O)c1ccc(NC(=O)CSc2c(=O)o[nH][n+]2C)cc1. The molecule has 2 aromatic rings. The van der Waals surface area contributed by atoms with E-state index in [0.29, 0.717) is 16.3 Å². The lowest BCUT2D eigenvalue weighted by Crippen LogP contribution is -2.34. The zero-order valence-corrected chi connectivity index (χ0v) is 12.3. The van der Waals surface area contributed by atoms with Gasteiger partial charge in [-0.05, 0) is 48.2 Å². The van der Waals surface area contributed by atoms with Gasteiger partial charge in [0.25, 0.3) is 0 Å². The second-order valence-corrected chi connectivity index (χ2v) is 5.28. The summed E-state index contributed by atoms with van der Waals surface area (Å²) in [4.78, 5) is 34.2. The van der Waals surface area contributed by atoms with Gasteiger partial charge < -0.3 is 5.32 Å². The summed E-state index contributed by atoms with van der Waals surface area (Å²) in [5.41, 5.74) is 0.663. The highest BCUT2D eigenvalue weighted by atomic mass is 32.2. The van der Waals surface area contributed by atoms with Crippen LogP contribution in [0.1, 0.15) is 17.3 Å². The number of hydrogen-bond acceptors (Lipinski definition) is 5. The van der Waals surface area contributed by atoms with E-state index in [2.05, 4.69) is 15.1 Å². The molecule has 2 rings (SSSR count). The fraction of sp³-hybridized carbons (Fsp3) is 0.231. The number of thioether (sulfide) groups is 1. The predicted octanol–water partition coefficient (Wildman–Crippen LogP) is 0.726. The third kappa shape index (κ3) is 3.82. The van der Waals surface area contributed by atoms with E-state index in [1.165, 1.54) is 11.6 Å². The van der Waals surface area contributed by atoms with Crippen molar-refractivity contribution in [1.82, 2.24) is 5.27 Å². The summed E-state index contributed by atoms with van der Waals surface area (Å²) in [5.74, 6) is -0.212. The fourth-order valence-electron chi connectivity index (χ4n) is 1.61. The van der Waals surface area contributed by atoms with Gasteiger partial charge in [0.15, 0.2) is 12.8 Å². The minimum atomic E-state index is -0.513. The van der Waals surface area contributed by atoms with Crippen molar-refractivity contribution in [2.75, 3.05) is 11.1 Å². The van der Waals surface area contributed by atoms with Gasteiger partial charge in [0, 0.05) is 11.3 Å². The molecule has 110 valence electrons. The van der Waals surface area contributed by atoms with Crippen molar-refractivity contribution in [2.45, 2.75) is 11.9 Å². The summed E-state index contributed by atoms with van der Waals surface area (Å²) in [7, 11) is 1.62. The lowest BCUT2D eigenvalue weighted by Gasteiger charge is -2.04. The Bertz CT molecular complexity index is 718. The van der Waals surface area contributed by atoms with Gasteiger partial charge in [-0.15, -0.1) is 0 Å². The summed E-state index contributed by atoms with van der Waals surface area (Å²) >= 11 is 1.08. The molecule has 0 atom stereocenters. The Morgan fingerprint density at radius 2 is 2.00 bits per heavy atom. The number of aryl methyl sites for hydroxylation is 1. The molecule has 1 aromatic heterocycles. The number of anilines is 1. The zero-order valence-electron chi connectivity index (χ0n) is 11.5. The zero-order chi connectivity index (χ0) is 15.4. The van der Waals surface area contributed by atoms with Crippen LogP contribution in [0.15, 0.2) is 38.6 Å². The Kier molecular flexibility index (Phi) is 4.59. The number of hydrogen-bond donors (Lipinski definition) is 2. The van der Waals surface area contributed by atoms with Gasteiger partial charge in [0.1, 0.15) is 0 Å². The molecule has 2 N–H and O–H groups in total. The van der Waals surface area contributed by atoms with E-state index in [9.17, 15) is 14.4 Å². The maximum absolute atomic E-state index is 11.8. The van der Waals surface area contributed by atoms with E-state index in [0.717, 1.165) is 11.8 Å². The molecule has 0 spiro atoms. The average molecular weight is 308 g/mol. The molecule has 21 heavy (non-hydrogen) atoms. The monoisotopic (exact) mass is 308 g/mol. The number of rotatable bonds is 5. The molecule has 0 bridgehead atoms. The second kappa shape index (κ2) is 6.40. The Hall–Kier alpha value is -2.35. The maximum atomic E-state index is 11.8. The van der Waals surface area contributed by atoms with E-state index in [4.69, 9.17) is 0 Å². The topological polar surface area (TPSA) is 96.0 Å². The van der Waals surface area contributed by atoms with E-state index in [1.54, 1.807) is 31.3 Å². The molecule has 0 aliphatic rings. The van der Waals surface area contributed by atoms with Gasteiger partial charge in [-0.25, -0.2) is 4.79 Å². The van der Waals surface area contributed by atoms with Crippen LogP contribution in [-0.4, -0.2) is 22.7 Å². The van der Waals surface area contributed by atoms with Crippen molar-refractivity contribution in [1.29, 1.82) is 0 Å². The van der Waals surface area contributed by atoms with E-state index >= 15 is 0 Å². The molecule has 7 nitrogen and oxygen atoms in total. The highest BCUT2D eigenvalue weighted by Crippen LogP contribution is 2.12. The Labute approximate surface area is 124 Å². The Morgan fingerprint density at radius 1 is 1.33 bits per heavy atom. The molecule has 1 amide bonds. The number of benzene rings is 1. The molecule has 0 saturated carbocycles. The molecule has 0 fully saturated rings. The first-order valence-corrected chi connectivity index (χ1v) is 7.07. The number of H-pyrrole nitrogens is 1. The van der Waals surface area contributed by atoms with Gasteiger partial charge in [-0.3, -0.25) is 14.1 Å². The largest absolute Gasteiger partial charge is 0.441 e. The second-order valence-electron chi connectivity index (χ2n) is 4.32. The molecule has 0 saturated heterocycles. The van der Waals surface area contributed by atoms with Crippen LogP contribution in [0, 0.1) is 0 Å².